The third-order valence-electron chi connectivity index (χ3n) is 2.11. The van der Waals surface area contributed by atoms with Crippen LogP contribution in [-0.2, 0) is 5.41 Å². The maximum Gasteiger partial charge on any atom is 0.0772 e. The average Bonchev–Trinajstić information content (AvgIpc) is 2.18. The minimum atomic E-state index is -0.524. The van der Waals surface area contributed by atoms with Crippen LogP contribution in [0.3, 0.4) is 0 Å². The lowest BCUT2D eigenvalue weighted by Gasteiger charge is -2.19. The Morgan fingerprint density at radius 3 is 2.50 bits per heavy atom. The van der Waals surface area contributed by atoms with Crippen LogP contribution in [-0.4, -0.2) is 4.20 Å². The van der Waals surface area contributed by atoms with Crippen LogP contribution >= 0.6 is 24.8 Å². The summed E-state index contributed by atoms with van der Waals surface area (Å²) in [5.41, 5.74) is 1.28. The van der Waals surface area contributed by atoms with Crippen molar-refractivity contribution in [1.82, 2.24) is 0 Å². The Hall–Kier alpha value is -0.850. The van der Waals surface area contributed by atoms with E-state index in [4.69, 9.17) is 17.5 Å². The number of nitrogens with zero attached hydrogens (tertiary/aromatic N) is 1. The summed E-state index contributed by atoms with van der Waals surface area (Å²) in [6, 6.07) is 9.87. The molecule has 0 N–H and O–H groups in total. The van der Waals surface area contributed by atoms with E-state index in [9.17, 15) is 0 Å². The van der Waals surface area contributed by atoms with Gasteiger partial charge < -0.3 is 0 Å². The highest BCUT2D eigenvalue weighted by Gasteiger charge is 2.23. The molecule has 0 radical (unpaired) electrons. The molecule has 0 aliphatic carbocycles. The van der Waals surface area contributed by atoms with Gasteiger partial charge in [-0.3, -0.25) is 0 Å². The van der Waals surface area contributed by atoms with Crippen LogP contribution in [0, 0.1) is 11.3 Å². The van der Waals surface area contributed by atoms with Crippen LogP contribution in [0.4, 0.5) is 0 Å². The molecule has 1 aromatic carbocycles. The summed E-state index contributed by atoms with van der Waals surface area (Å²) in [6.45, 7) is 3.75. The molecule has 1 rings (SSSR count). The molecule has 0 spiro atoms. The average molecular weight is 221 g/mol. The Balaban J connectivity index is 3.36. The van der Waals surface area contributed by atoms with Gasteiger partial charge in [-0.15, -0.1) is 12.6 Å². The molecule has 72 valence electrons. The van der Waals surface area contributed by atoms with Gasteiger partial charge in [-0.05, 0) is 19.4 Å². The summed E-state index contributed by atoms with van der Waals surface area (Å²) in [4.78, 5) is 0. The SMILES string of the molecule is CC(C)(C#N)c1ccccc1C(=S)S. The first-order valence-electron chi connectivity index (χ1n) is 4.23. The van der Waals surface area contributed by atoms with E-state index < -0.39 is 5.41 Å². The van der Waals surface area contributed by atoms with E-state index in [2.05, 4.69) is 18.7 Å². The topological polar surface area (TPSA) is 23.8 Å². The van der Waals surface area contributed by atoms with Gasteiger partial charge in [0.2, 0.25) is 0 Å². The van der Waals surface area contributed by atoms with Gasteiger partial charge in [0.1, 0.15) is 0 Å². The van der Waals surface area contributed by atoms with Crippen molar-refractivity contribution in [2.24, 2.45) is 0 Å². The summed E-state index contributed by atoms with van der Waals surface area (Å²) in [5.74, 6) is 0. The molecule has 0 aliphatic heterocycles. The van der Waals surface area contributed by atoms with E-state index >= 15 is 0 Å². The smallest absolute Gasteiger partial charge is 0.0772 e. The lowest BCUT2D eigenvalue weighted by Crippen LogP contribution is -2.17. The van der Waals surface area contributed by atoms with E-state index in [-0.39, 0.29) is 0 Å². The summed E-state index contributed by atoms with van der Waals surface area (Å²) < 4.78 is 0.531. The normalized spacial score (nSPS) is 10.7. The van der Waals surface area contributed by atoms with Gasteiger partial charge in [0.05, 0.1) is 15.7 Å². The highest BCUT2D eigenvalue weighted by Crippen LogP contribution is 2.26. The van der Waals surface area contributed by atoms with Crippen molar-refractivity contribution < 1.29 is 0 Å². The lowest BCUT2D eigenvalue weighted by molar-refractivity contribution is 0.686. The highest BCUT2D eigenvalue weighted by atomic mass is 32.1. The van der Waals surface area contributed by atoms with Crippen molar-refractivity contribution in [1.29, 1.82) is 5.26 Å². The van der Waals surface area contributed by atoms with Crippen LogP contribution < -0.4 is 0 Å². The first-order valence-corrected chi connectivity index (χ1v) is 5.08. The second kappa shape index (κ2) is 4.12. The Morgan fingerprint density at radius 2 is 2.00 bits per heavy atom. The fourth-order valence-electron chi connectivity index (χ4n) is 1.27. The number of thiocarbonyl (C=S) groups is 1. The van der Waals surface area contributed by atoms with Gasteiger partial charge in [-0.1, -0.05) is 36.5 Å². The summed E-state index contributed by atoms with van der Waals surface area (Å²) in [6.07, 6.45) is 0. The standard InChI is InChI=1S/C11H11NS2/c1-11(2,7-12)9-6-4-3-5-8(9)10(13)14/h3-6H,1-2H3,(H,13,14). The Bertz CT molecular complexity index is 402. The third-order valence-corrected chi connectivity index (χ3v) is 2.57. The van der Waals surface area contributed by atoms with Gasteiger partial charge in [-0.2, -0.15) is 5.26 Å². The van der Waals surface area contributed by atoms with Crippen LogP contribution in [0.1, 0.15) is 25.0 Å². The van der Waals surface area contributed by atoms with Crippen molar-refractivity contribution >= 4 is 29.0 Å². The number of thiol groups is 1. The van der Waals surface area contributed by atoms with E-state index in [1.807, 2.05) is 38.1 Å². The molecule has 0 bridgehead atoms. The zero-order chi connectivity index (χ0) is 10.8. The van der Waals surface area contributed by atoms with Crippen molar-refractivity contribution in [3.05, 3.63) is 35.4 Å². The monoisotopic (exact) mass is 221 g/mol. The molecule has 0 atom stereocenters. The minimum Gasteiger partial charge on any atom is -0.197 e. The van der Waals surface area contributed by atoms with E-state index in [0.29, 0.717) is 4.20 Å². The minimum absolute atomic E-state index is 0.524. The predicted octanol–water partition coefficient (Wildman–Crippen LogP) is 3.09. The van der Waals surface area contributed by atoms with Gasteiger partial charge in [-0.25, -0.2) is 0 Å². The summed E-state index contributed by atoms with van der Waals surface area (Å²) >= 11 is 9.17. The van der Waals surface area contributed by atoms with E-state index in [1.165, 1.54) is 0 Å². The maximum absolute atomic E-state index is 9.04. The van der Waals surface area contributed by atoms with Crippen molar-refractivity contribution in [2.45, 2.75) is 19.3 Å². The molecule has 0 unspecified atom stereocenters. The van der Waals surface area contributed by atoms with Gasteiger partial charge >= 0.3 is 0 Å². The molecule has 0 aliphatic rings. The van der Waals surface area contributed by atoms with Crippen LogP contribution in [0.2, 0.25) is 0 Å². The molecule has 0 saturated heterocycles. The number of hydrogen-bond acceptors (Lipinski definition) is 2. The Morgan fingerprint density at radius 1 is 1.43 bits per heavy atom. The quantitative estimate of drug-likeness (QED) is 0.613. The Labute approximate surface area is 95.2 Å². The van der Waals surface area contributed by atoms with E-state index in [1.54, 1.807) is 0 Å². The molecule has 1 aromatic rings. The number of nitriles is 1. The van der Waals surface area contributed by atoms with Gasteiger partial charge in [0.25, 0.3) is 0 Å². The molecule has 0 fully saturated rings. The van der Waals surface area contributed by atoms with Crippen molar-refractivity contribution in [2.75, 3.05) is 0 Å². The van der Waals surface area contributed by atoms with Crippen LogP contribution in [0.5, 0.6) is 0 Å². The molecule has 3 heteroatoms. The number of benzene rings is 1. The fourth-order valence-corrected chi connectivity index (χ4v) is 1.65. The summed E-state index contributed by atoms with van der Waals surface area (Å²) in [7, 11) is 0. The number of hydrogen-bond donors (Lipinski definition) is 1. The highest BCUT2D eigenvalue weighted by molar-refractivity contribution is 8.11. The fraction of sp³-hybridized carbons (Fsp3) is 0.273. The lowest BCUT2D eigenvalue weighted by atomic mass is 9.83. The molecular formula is C11H11NS2. The predicted molar refractivity (Wildman–Crippen MR) is 65.8 cm³/mol. The maximum atomic E-state index is 9.04. The van der Waals surface area contributed by atoms with Crippen molar-refractivity contribution in [3.8, 4) is 6.07 Å². The molecule has 1 nitrogen and oxygen atoms in total. The van der Waals surface area contributed by atoms with Gasteiger partial charge in [0, 0.05) is 5.56 Å². The molecular weight excluding hydrogens is 210 g/mol. The second-order valence-electron chi connectivity index (χ2n) is 3.59. The molecule has 0 heterocycles. The zero-order valence-corrected chi connectivity index (χ0v) is 9.82. The van der Waals surface area contributed by atoms with Crippen molar-refractivity contribution in [3.63, 3.8) is 0 Å². The van der Waals surface area contributed by atoms with Crippen LogP contribution in [0.25, 0.3) is 0 Å². The van der Waals surface area contributed by atoms with Crippen LogP contribution in [0.15, 0.2) is 24.3 Å². The second-order valence-corrected chi connectivity index (χ2v) is 4.75. The largest absolute Gasteiger partial charge is 0.197 e. The Kier molecular flexibility index (Phi) is 3.30. The first-order chi connectivity index (χ1) is 6.49. The number of rotatable bonds is 2. The summed E-state index contributed by atoms with van der Waals surface area (Å²) in [5, 5.41) is 9.04. The molecule has 0 aromatic heterocycles. The third kappa shape index (κ3) is 2.14. The molecule has 0 saturated carbocycles. The molecule has 14 heavy (non-hydrogen) atoms. The van der Waals surface area contributed by atoms with E-state index in [0.717, 1.165) is 11.1 Å². The van der Waals surface area contributed by atoms with Gasteiger partial charge in [0.15, 0.2) is 0 Å². The molecule has 0 amide bonds. The first kappa shape index (κ1) is 11.2. The zero-order valence-electron chi connectivity index (χ0n) is 8.11.